The van der Waals surface area contributed by atoms with Crippen molar-refractivity contribution in [2.45, 2.75) is 26.3 Å². The molecule has 0 bridgehead atoms. The lowest BCUT2D eigenvalue weighted by molar-refractivity contribution is 0.131. The third-order valence-corrected chi connectivity index (χ3v) is 5.01. The van der Waals surface area contributed by atoms with E-state index in [-0.39, 0.29) is 0 Å². The second kappa shape index (κ2) is 8.50. The second-order valence-corrected chi connectivity index (χ2v) is 6.52. The molecule has 1 rings (SSSR count). The standard InChI is InChI=1S/C13H22O2Si/c1-3-14-11-8-12-15-16(4-2)13-9-6-5-7-10-13/h5-7,9-10,16H,3-4,8,11-12H2,1-2H3. The molecule has 16 heavy (non-hydrogen) atoms. The topological polar surface area (TPSA) is 18.5 Å². The maximum absolute atomic E-state index is 5.98. The van der Waals surface area contributed by atoms with Crippen LogP contribution in [0.15, 0.2) is 30.3 Å². The van der Waals surface area contributed by atoms with Crippen molar-refractivity contribution in [3.05, 3.63) is 30.3 Å². The van der Waals surface area contributed by atoms with E-state index >= 15 is 0 Å². The van der Waals surface area contributed by atoms with E-state index in [1.165, 1.54) is 5.19 Å². The van der Waals surface area contributed by atoms with Crippen molar-refractivity contribution in [3.63, 3.8) is 0 Å². The molecule has 1 aromatic rings. The molecular formula is C13H22O2Si. The molecule has 0 aliphatic rings. The maximum atomic E-state index is 5.98. The largest absolute Gasteiger partial charge is 0.415 e. The van der Waals surface area contributed by atoms with Crippen LogP contribution in [-0.2, 0) is 9.16 Å². The van der Waals surface area contributed by atoms with Crippen LogP contribution in [0, 0.1) is 0 Å². The van der Waals surface area contributed by atoms with Crippen LogP contribution >= 0.6 is 0 Å². The molecule has 2 nitrogen and oxygen atoms in total. The van der Waals surface area contributed by atoms with Gasteiger partial charge >= 0.3 is 0 Å². The minimum absolute atomic E-state index is 0.799. The number of hydrogen-bond donors (Lipinski definition) is 0. The second-order valence-electron chi connectivity index (χ2n) is 3.73. The van der Waals surface area contributed by atoms with Crippen LogP contribution in [-0.4, -0.2) is 28.9 Å². The van der Waals surface area contributed by atoms with Gasteiger partial charge in [0.1, 0.15) is 0 Å². The van der Waals surface area contributed by atoms with Crippen LogP contribution in [0.2, 0.25) is 6.04 Å². The van der Waals surface area contributed by atoms with Gasteiger partial charge in [0.25, 0.3) is 0 Å². The minimum atomic E-state index is -1.18. The van der Waals surface area contributed by atoms with E-state index < -0.39 is 9.04 Å². The smallest absolute Gasteiger partial charge is 0.207 e. The number of hydrogen-bond acceptors (Lipinski definition) is 2. The SMILES string of the molecule is CCOCCCO[SiH](CC)c1ccccc1. The quantitative estimate of drug-likeness (QED) is 0.510. The normalized spacial score (nSPS) is 12.6. The predicted molar refractivity (Wildman–Crippen MR) is 70.8 cm³/mol. The molecule has 0 saturated heterocycles. The predicted octanol–water partition coefficient (Wildman–Crippen LogP) is 2.08. The Kier molecular flexibility index (Phi) is 7.13. The number of ether oxygens (including phenoxy) is 1. The third-order valence-electron chi connectivity index (χ3n) is 2.50. The fraction of sp³-hybridized carbons (Fsp3) is 0.538. The van der Waals surface area contributed by atoms with E-state index in [0.717, 1.165) is 32.3 Å². The van der Waals surface area contributed by atoms with E-state index in [9.17, 15) is 0 Å². The molecule has 0 spiro atoms. The van der Waals surface area contributed by atoms with E-state index in [0.29, 0.717) is 0 Å². The van der Waals surface area contributed by atoms with Gasteiger partial charge in [0, 0.05) is 19.8 Å². The molecular weight excluding hydrogens is 216 g/mol. The fourth-order valence-electron chi connectivity index (χ4n) is 1.65. The summed E-state index contributed by atoms with van der Waals surface area (Å²) >= 11 is 0. The molecule has 0 radical (unpaired) electrons. The molecule has 90 valence electrons. The van der Waals surface area contributed by atoms with E-state index in [1.54, 1.807) is 0 Å². The molecule has 0 heterocycles. The van der Waals surface area contributed by atoms with Gasteiger partial charge in [0.15, 0.2) is 0 Å². The van der Waals surface area contributed by atoms with Gasteiger partial charge in [-0.2, -0.15) is 0 Å². The number of rotatable bonds is 8. The summed E-state index contributed by atoms with van der Waals surface area (Å²) < 4.78 is 11.3. The van der Waals surface area contributed by atoms with Gasteiger partial charge in [0.05, 0.1) is 0 Å². The maximum Gasteiger partial charge on any atom is 0.207 e. The summed E-state index contributed by atoms with van der Waals surface area (Å²) in [7, 11) is -1.18. The Morgan fingerprint density at radius 2 is 1.81 bits per heavy atom. The molecule has 1 atom stereocenters. The van der Waals surface area contributed by atoms with E-state index in [2.05, 4.69) is 37.3 Å². The van der Waals surface area contributed by atoms with Gasteiger partial charge in [-0.3, -0.25) is 0 Å². The van der Waals surface area contributed by atoms with Crippen molar-refractivity contribution >= 4 is 14.2 Å². The Bertz CT molecular complexity index is 264. The molecule has 0 N–H and O–H groups in total. The first-order valence-corrected chi connectivity index (χ1v) is 7.99. The van der Waals surface area contributed by atoms with Crippen molar-refractivity contribution in [2.24, 2.45) is 0 Å². The van der Waals surface area contributed by atoms with Crippen LogP contribution in [0.1, 0.15) is 20.3 Å². The highest BCUT2D eigenvalue weighted by Crippen LogP contribution is 1.98. The van der Waals surface area contributed by atoms with Gasteiger partial charge in [-0.15, -0.1) is 0 Å². The highest BCUT2D eigenvalue weighted by Gasteiger charge is 2.11. The molecule has 0 fully saturated rings. The molecule has 1 unspecified atom stereocenters. The first-order valence-electron chi connectivity index (χ1n) is 6.12. The molecule has 0 aliphatic carbocycles. The molecule has 0 aliphatic heterocycles. The first kappa shape index (κ1) is 13.4. The zero-order valence-electron chi connectivity index (χ0n) is 10.3. The Hall–Kier alpha value is -0.643. The summed E-state index contributed by atoms with van der Waals surface area (Å²) in [5, 5.41) is 1.40. The monoisotopic (exact) mass is 238 g/mol. The van der Waals surface area contributed by atoms with Crippen LogP contribution in [0.25, 0.3) is 0 Å². The van der Waals surface area contributed by atoms with Crippen molar-refractivity contribution in [1.29, 1.82) is 0 Å². The van der Waals surface area contributed by atoms with Crippen LogP contribution in [0.5, 0.6) is 0 Å². The summed E-state index contributed by atoms with van der Waals surface area (Å²) in [6.07, 6.45) is 1.00. The van der Waals surface area contributed by atoms with E-state index in [1.807, 2.05) is 6.92 Å². The highest BCUT2D eigenvalue weighted by molar-refractivity contribution is 6.67. The van der Waals surface area contributed by atoms with Crippen molar-refractivity contribution in [1.82, 2.24) is 0 Å². The van der Waals surface area contributed by atoms with Crippen LogP contribution < -0.4 is 5.19 Å². The average Bonchev–Trinajstić information content (AvgIpc) is 2.35. The molecule has 0 saturated carbocycles. The van der Waals surface area contributed by atoms with Gasteiger partial charge < -0.3 is 9.16 Å². The first-order chi connectivity index (χ1) is 7.88. The van der Waals surface area contributed by atoms with Crippen LogP contribution in [0.3, 0.4) is 0 Å². The summed E-state index contributed by atoms with van der Waals surface area (Å²) in [4.78, 5) is 0. The van der Waals surface area contributed by atoms with E-state index in [4.69, 9.17) is 9.16 Å². The van der Waals surface area contributed by atoms with Crippen molar-refractivity contribution in [3.8, 4) is 0 Å². The lowest BCUT2D eigenvalue weighted by Gasteiger charge is -2.14. The van der Waals surface area contributed by atoms with Crippen molar-refractivity contribution < 1.29 is 9.16 Å². The Balaban J connectivity index is 2.27. The Labute approximate surface area is 100 Å². The van der Waals surface area contributed by atoms with Gasteiger partial charge in [0.2, 0.25) is 9.04 Å². The molecule has 1 aromatic carbocycles. The Morgan fingerprint density at radius 1 is 1.06 bits per heavy atom. The fourth-order valence-corrected chi connectivity index (χ4v) is 3.65. The zero-order valence-corrected chi connectivity index (χ0v) is 11.5. The molecule has 0 amide bonds. The zero-order chi connectivity index (χ0) is 11.6. The van der Waals surface area contributed by atoms with Gasteiger partial charge in [-0.1, -0.05) is 37.3 Å². The van der Waals surface area contributed by atoms with Crippen LogP contribution in [0.4, 0.5) is 0 Å². The molecule has 0 aromatic heterocycles. The summed E-state index contributed by atoms with van der Waals surface area (Å²) in [5.41, 5.74) is 0. The summed E-state index contributed by atoms with van der Waals surface area (Å²) in [6.45, 7) is 6.68. The minimum Gasteiger partial charge on any atom is -0.415 e. The van der Waals surface area contributed by atoms with Gasteiger partial charge in [-0.25, -0.2) is 0 Å². The molecule has 3 heteroatoms. The Morgan fingerprint density at radius 3 is 2.44 bits per heavy atom. The number of benzene rings is 1. The van der Waals surface area contributed by atoms with Gasteiger partial charge in [-0.05, 0) is 24.6 Å². The summed E-state index contributed by atoms with van der Waals surface area (Å²) in [6, 6.07) is 11.8. The lowest BCUT2D eigenvalue weighted by atomic mass is 10.4. The average molecular weight is 238 g/mol. The highest BCUT2D eigenvalue weighted by atomic mass is 28.3. The third kappa shape index (κ3) is 4.92. The van der Waals surface area contributed by atoms with Crippen molar-refractivity contribution in [2.75, 3.05) is 19.8 Å². The lowest BCUT2D eigenvalue weighted by Crippen LogP contribution is -2.33. The summed E-state index contributed by atoms with van der Waals surface area (Å²) in [5.74, 6) is 0.